The summed E-state index contributed by atoms with van der Waals surface area (Å²) < 4.78 is 5.09. The monoisotopic (exact) mass is 250 g/mol. The van der Waals surface area contributed by atoms with Crippen LogP contribution in [0.1, 0.15) is 26.7 Å². The summed E-state index contributed by atoms with van der Waals surface area (Å²) in [6.07, 6.45) is 2.37. The van der Waals surface area contributed by atoms with Crippen LogP contribution in [0.15, 0.2) is 0 Å². The van der Waals surface area contributed by atoms with Crippen LogP contribution in [0.5, 0.6) is 0 Å². The molecule has 2 unspecified atom stereocenters. The highest BCUT2D eigenvalue weighted by atomic mass is 35.5. The molecule has 96 valence electrons. The molecule has 1 rings (SSSR count). The highest BCUT2D eigenvalue weighted by Crippen LogP contribution is 2.32. The van der Waals surface area contributed by atoms with Crippen molar-refractivity contribution in [3.63, 3.8) is 0 Å². The summed E-state index contributed by atoms with van der Waals surface area (Å²) in [6.45, 7) is 4.49. The fourth-order valence-electron chi connectivity index (χ4n) is 1.56. The first-order valence-corrected chi connectivity index (χ1v) is 5.61. The number of nitrogens with one attached hydrogen (secondary N) is 1. The second-order valence-electron chi connectivity index (χ2n) is 4.68. The SMILES string of the molecule is COCC(NC(=O)C(N)C(C)C)C1CC1.Cl. The Bertz CT molecular complexity index is 220. The molecule has 3 N–H and O–H groups in total. The van der Waals surface area contributed by atoms with Gasteiger partial charge in [0.05, 0.1) is 18.7 Å². The molecule has 1 saturated carbocycles. The van der Waals surface area contributed by atoms with Crippen molar-refractivity contribution in [2.24, 2.45) is 17.6 Å². The van der Waals surface area contributed by atoms with Crippen molar-refractivity contribution in [3.05, 3.63) is 0 Å². The van der Waals surface area contributed by atoms with Crippen LogP contribution in [0.4, 0.5) is 0 Å². The van der Waals surface area contributed by atoms with E-state index in [2.05, 4.69) is 5.32 Å². The fraction of sp³-hybridized carbons (Fsp3) is 0.909. The Morgan fingerprint density at radius 3 is 2.44 bits per heavy atom. The number of rotatable bonds is 6. The zero-order chi connectivity index (χ0) is 11.4. The molecule has 0 heterocycles. The van der Waals surface area contributed by atoms with E-state index >= 15 is 0 Å². The number of ether oxygens (including phenoxy) is 1. The molecule has 5 heteroatoms. The van der Waals surface area contributed by atoms with Crippen molar-refractivity contribution >= 4 is 18.3 Å². The van der Waals surface area contributed by atoms with E-state index in [9.17, 15) is 4.79 Å². The molecule has 0 saturated heterocycles. The standard InChI is InChI=1S/C11H22N2O2.ClH/c1-7(2)10(12)11(14)13-9(6-15-3)8-4-5-8;/h7-10H,4-6,12H2,1-3H3,(H,13,14);1H. The quantitative estimate of drug-likeness (QED) is 0.737. The van der Waals surface area contributed by atoms with E-state index in [0.29, 0.717) is 12.5 Å². The van der Waals surface area contributed by atoms with Gasteiger partial charge in [0, 0.05) is 7.11 Å². The first-order chi connectivity index (χ1) is 7.06. The Hall–Kier alpha value is -0.320. The Kier molecular flexibility index (Phi) is 6.95. The normalized spacial score (nSPS) is 18.8. The lowest BCUT2D eigenvalue weighted by Gasteiger charge is -2.21. The Morgan fingerprint density at radius 2 is 2.06 bits per heavy atom. The second-order valence-corrected chi connectivity index (χ2v) is 4.68. The van der Waals surface area contributed by atoms with Crippen LogP contribution in [0, 0.1) is 11.8 Å². The van der Waals surface area contributed by atoms with Crippen LogP contribution < -0.4 is 11.1 Å². The average Bonchev–Trinajstić information content (AvgIpc) is 2.98. The lowest BCUT2D eigenvalue weighted by Crippen LogP contribution is -2.49. The number of carbonyl (C=O) groups is 1. The minimum absolute atomic E-state index is 0. The highest BCUT2D eigenvalue weighted by molar-refractivity contribution is 5.85. The van der Waals surface area contributed by atoms with Crippen molar-refractivity contribution in [1.82, 2.24) is 5.32 Å². The van der Waals surface area contributed by atoms with E-state index in [1.165, 1.54) is 12.8 Å². The average molecular weight is 251 g/mol. The summed E-state index contributed by atoms with van der Waals surface area (Å²) in [5, 5.41) is 2.97. The molecule has 0 bridgehead atoms. The molecule has 0 radical (unpaired) electrons. The smallest absolute Gasteiger partial charge is 0.237 e. The molecular formula is C11H23ClN2O2. The van der Waals surface area contributed by atoms with Gasteiger partial charge in [-0.15, -0.1) is 12.4 Å². The van der Waals surface area contributed by atoms with Gasteiger partial charge in [0.15, 0.2) is 0 Å². The van der Waals surface area contributed by atoms with Gasteiger partial charge in [-0.3, -0.25) is 4.79 Å². The van der Waals surface area contributed by atoms with Crippen molar-refractivity contribution in [2.75, 3.05) is 13.7 Å². The number of methoxy groups -OCH3 is 1. The number of halogens is 1. The summed E-state index contributed by atoms with van der Waals surface area (Å²) in [5.41, 5.74) is 5.77. The summed E-state index contributed by atoms with van der Waals surface area (Å²) in [5.74, 6) is 0.708. The summed E-state index contributed by atoms with van der Waals surface area (Å²) >= 11 is 0. The molecule has 2 atom stereocenters. The Labute approximate surface area is 104 Å². The predicted molar refractivity (Wildman–Crippen MR) is 66.6 cm³/mol. The molecule has 0 spiro atoms. The van der Waals surface area contributed by atoms with Crippen LogP contribution in [-0.2, 0) is 9.53 Å². The van der Waals surface area contributed by atoms with Gasteiger partial charge in [0.1, 0.15) is 0 Å². The third-order valence-electron chi connectivity index (χ3n) is 2.89. The summed E-state index contributed by atoms with van der Waals surface area (Å²) in [6, 6.07) is -0.268. The van der Waals surface area contributed by atoms with Crippen LogP contribution in [-0.4, -0.2) is 31.7 Å². The number of amides is 1. The molecule has 1 amide bonds. The summed E-state index contributed by atoms with van der Waals surface area (Å²) in [4.78, 5) is 11.7. The third kappa shape index (κ3) is 4.68. The zero-order valence-corrected chi connectivity index (χ0v) is 11.0. The number of carbonyl (C=O) groups excluding carboxylic acids is 1. The topological polar surface area (TPSA) is 64.3 Å². The number of hydrogen-bond acceptors (Lipinski definition) is 3. The molecule has 0 aromatic rings. The highest BCUT2D eigenvalue weighted by Gasteiger charge is 2.33. The number of nitrogens with two attached hydrogens (primary N) is 1. The van der Waals surface area contributed by atoms with Gasteiger partial charge in [-0.25, -0.2) is 0 Å². The van der Waals surface area contributed by atoms with E-state index in [1.54, 1.807) is 7.11 Å². The lowest BCUT2D eigenvalue weighted by atomic mass is 10.0. The molecule has 0 aromatic carbocycles. The predicted octanol–water partition coefficient (Wildman–Crippen LogP) is 0.933. The van der Waals surface area contributed by atoms with Crippen molar-refractivity contribution < 1.29 is 9.53 Å². The zero-order valence-electron chi connectivity index (χ0n) is 10.2. The Balaban J connectivity index is 0.00000225. The van der Waals surface area contributed by atoms with Crippen LogP contribution in [0.3, 0.4) is 0 Å². The van der Waals surface area contributed by atoms with E-state index in [4.69, 9.17) is 10.5 Å². The molecule has 16 heavy (non-hydrogen) atoms. The van der Waals surface area contributed by atoms with Gasteiger partial charge in [-0.05, 0) is 24.7 Å². The van der Waals surface area contributed by atoms with Gasteiger partial charge < -0.3 is 15.8 Å². The van der Waals surface area contributed by atoms with E-state index in [-0.39, 0.29) is 30.3 Å². The van der Waals surface area contributed by atoms with Crippen molar-refractivity contribution in [2.45, 2.75) is 38.8 Å². The number of hydrogen-bond donors (Lipinski definition) is 2. The third-order valence-corrected chi connectivity index (χ3v) is 2.89. The molecule has 1 fully saturated rings. The van der Waals surface area contributed by atoms with E-state index in [0.717, 1.165) is 0 Å². The lowest BCUT2D eigenvalue weighted by molar-refractivity contribution is -0.124. The Morgan fingerprint density at radius 1 is 1.50 bits per heavy atom. The van der Waals surface area contributed by atoms with Gasteiger partial charge in [-0.1, -0.05) is 13.8 Å². The van der Waals surface area contributed by atoms with Crippen LogP contribution in [0.2, 0.25) is 0 Å². The molecule has 0 aromatic heterocycles. The van der Waals surface area contributed by atoms with Crippen molar-refractivity contribution in [3.8, 4) is 0 Å². The fourth-order valence-corrected chi connectivity index (χ4v) is 1.56. The van der Waals surface area contributed by atoms with Gasteiger partial charge in [0.25, 0.3) is 0 Å². The first-order valence-electron chi connectivity index (χ1n) is 5.61. The first kappa shape index (κ1) is 15.7. The maximum atomic E-state index is 11.7. The minimum atomic E-state index is -0.414. The minimum Gasteiger partial charge on any atom is -0.383 e. The van der Waals surface area contributed by atoms with Crippen molar-refractivity contribution in [1.29, 1.82) is 0 Å². The molecule has 0 aliphatic heterocycles. The van der Waals surface area contributed by atoms with Gasteiger partial charge in [-0.2, -0.15) is 0 Å². The molecule has 4 nitrogen and oxygen atoms in total. The molecular weight excluding hydrogens is 228 g/mol. The maximum absolute atomic E-state index is 11.7. The van der Waals surface area contributed by atoms with E-state index < -0.39 is 6.04 Å². The van der Waals surface area contributed by atoms with Gasteiger partial charge >= 0.3 is 0 Å². The van der Waals surface area contributed by atoms with Crippen LogP contribution >= 0.6 is 12.4 Å². The maximum Gasteiger partial charge on any atom is 0.237 e. The van der Waals surface area contributed by atoms with Crippen LogP contribution in [0.25, 0.3) is 0 Å². The largest absolute Gasteiger partial charge is 0.383 e. The second kappa shape index (κ2) is 7.09. The molecule has 1 aliphatic carbocycles. The van der Waals surface area contributed by atoms with Gasteiger partial charge in [0.2, 0.25) is 5.91 Å². The van der Waals surface area contributed by atoms with E-state index in [1.807, 2.05) is 13.8 Å². The molecule has 1 aliphatic rings. The summed E-state index contributed by atoms with van der Waals surface area (Å²) in [7, 11) is 1.66.